The van der Waals surface area contributed by atoms with Crippen molar-refractivity contribution in [2.45, 2.75) is 26.1 Å². The lowest BCUT2D eigenvalue weighted by Gasteiger charge is -2.17. The molecule has 1 N–H and O–H groups in total. The summed E-state index contributed by atoms with van der Waals surface area (Å²) in [4.78, 5) is 2.02. The van der Waals surface area contributed by atoms with Crippen LogP contribution in [-0.2, 0) is 0 Å². The monoisotopic (exact) mass is 285 g/mol. The van der Waals surface area contributed by atoms with E-state index in [9.17, 15) is 5.11 Å². The summed E-state index contributed by atoms with van der Waals surface area (Å²) in [7, 11) is 3.98. The minimum absolute atomic E-state index is 0.120. The Hall–Kier alpha value is -2.00. The van der Waals surface area contributed by atoms with Crippen molar-refractivity contribution in [3.05, 3.63) is 59.7 Å². The largest absolute Gasteiger partial charge is 0.491 e. The van der Waals surface area contributed by atoms with Gasteiger partial charge in [-0.3, -0.25) is 0 Å². The van der Waals surface area contributed by atoms with E-state index in [1.165, 1.54) is 0 Å². The third-order valence-corrected chi connectivity index (χ3v) is 3.25. The Bertz CT molecular complexity index is 593. The maximum absolute atomic E-state index is 10.6. The number of rotatable bonds is 5. The molecule has 21 heavy (non-hydrogen) atoms. The van der Waals surface area contributed by atoms with Gasteiger partial charge in [0.1, 0.15) is 11.9 Å². The Kier molecular flexibility index (Phi) is 4.86. The van der Waals surface area contributed by atoms with Crippen LogP contribution in [0.5, 0.6) is 5.75 Å². The lowest BCUT2D eigenvalue weighted by atomic mass is 10.0. The quantitative estimate of drug-likeness (QED) is 0.910. The Balaban J connectivity index is 2.27. The first-order chi connectivity index (χ1) is 9.97. The molecule has 0 spiro atoms. The Labute approximate surface area is 126 Å². The van der Waals surface area contributed by atoms with Crippen molar-refractivity contribution < 1.29 is 9.84 Å². The van der Waals surface area contributed by atoms with E-state index in [0.717, 1.165) is 22.6 Å². The van der Waals surface area contributed by atoms with E-state index in [0.29, 0.717) is 0 Å². The van der Waals surface area contributed by atoms with Crippen molar-refractivity contribution in [3.63, 3.8) is 0 Å². The van der Waals surface area contributed by atoms with Crippen molar-refractivity contribution in [1.29, 1.82) is 0 Å². The number of anilines is 1. The normalized spacial score (nSPS) is 12.3. The maximum atomic E-state index is 10.6. The summed E-state index contributed by atoms with van der Waals surface area (Å²) in [6, 6.07) is 15.6. The summed E-state index contributed by atoms with van der Waals surface area (Å²) in [5, 5.41) is 10.6. The van der Waals surface area contributed by atoms with Gasteiger partial charge in [-0.2, -0.15) is 0 Å². The second kappa shape index (κ2) is 6.64. The molecule has 1 atom stereocenters. The number of hydrogen-bond acceptors (Lipinski definition) is 3. The average Bonchev–Trinajstić information content (AvgIpc) is 2.46. The van der Waals surface area contributed by atoms with Gasteiger partial charge in [-0.1, -0.05) is 24.3 Å². The van der Waals surface area contributed by atoms with Gasteiger partial charge in [-0.15, -0.1) is 0 Å². The SMILES string of the molecule is CC(C)Oc1cccc(C(O)c2cccc(N(C)C)c2)c1. The van der Waals surface area contributed by atoms with E-state index in [1.807, 2.05) is 81.4 Å². The molecule has 2 aromatic carbocycles. The number of ether oxygens (including phenoxy) is 1. The van der Waals surface area contributed by atoms with E-state index >= 15 is 0 Å². The van der Waals surface area contributed by atoms with Crippen LogP contribution in [0.3, 0.4) is 0 Å². The highest BCUT2D eigenvalue weighted by atomic mass is 16.5. The van der Waals surface area contributed by atoms with Gasteiger partial charge in [-0.25, -0.2) is 0 Å². The number of benzene rings is 2. The summed E-state index contributed by atoms with van der Waals surface area (Å²) in [5.41, 5.74) is 2.79. The van der Waals surface area contributed by atoms with Gasteiger partial charge in [0.2, 0.25) is 0 Å². The predicted molar refractivity (Wildman–Crippen MR) is 87.0 cm³/mol. The fourth-order valence-corrected chi connectivity index (χ4v) is 2.20. The lowest BCUT2D eigenvalue weighted by molar-refractivity contribution is 0.216. The molecular formula is C18H23NO2. The van der Waals surface area contributed by atoms with Crippen molar-refractivity contribution in [2.24, 2.45) is 0 Å². The van der Waals surface area contributed by atoms with Gasteiger partial charge in [0.15, 0.2) is 0 Å². The Morgan fingerprint density at radius 2 is 1.57 bits per heavy atom. The highest BCUT2D eigenvalue weighted by Gasteiger charge is 2.12. The van der Waals surface area contributed by atoms with Crippen LogP contribution >= 0.6 is 0 Å². The van der Waals surface area contributed by atoms with E-state index in [-0.39, 0.29) is 6.10 Å². The van der Waals surface area contributed by atoms with Crippen LogP contribution in [0.1, 0.15) is 31.1 Å². The summed E-state index contributed by atoms with van der Waals surface area (Å²) in [5.74, 6) is 0.783. The molecule has 3 heteroatoms. The zero-order valence-electron chi connectivity index (χ0n) is 13.1. The summed E-state index contributed by atoms with van der Waals surface area (Å²) in [6.45, 7) is 3.98. The molecule has 0 saturated carbocycles. The Morgan fingerprint density at radius 1 is 0.952 bits per heavy atom. The summed E-state index contributed by atoms with van der Waals surface area (Å²) in [6.07, 6.45) is -0.532. The molecule has 0 aromatic heterocycles. The molecule has 0 heterocycles. The highest BCUT2D eigenvalue weighted by molar-refractivity contribution is 5.49. The second-order valence-corrected chi connectivity index (χ2v) is 5.63. The van der Waals surface area contributed by atoms with Crippen LogP contribution in [0.2, 0.25) is 0 Å². The molecule has 112 valence electrons. The lowest BCUT2D eigenvalue weighted by Crippen LogP contribution is -2.10. The first-order valence-corrected chi connectivity index (χ1v) is 7.19. The summed E-state index contributed by atoms with van der Waals surface area (Å²) < 4.78 is 5.68. The molecular weight excluding hydrogens is 262 g/mol. The topological polar surface area (TPSA) is 32.7 Å². The van der Waals surface area contributed by atoms with Gasteiger partial charge in [0.05, 0.1) is 6.10 Å². The number of nitrogens with zero attached hydrogens (tertiary/aromatic N) is 1. The van der Waals surface area contributed by atoms with Crippen LogP contribution in [0.15, 0.2) is 48.5 Å². The molecule has 0 aliphatic heterocycles. The zero-order chi connectivity index (χ0) is 15.4. The highest BCUT2D eigenvalue weighted by Crippen LogP contribution is 2.27. The summed E-state index contributed by atoms with van der Waals surface area (Å²) >= 11 is 0. The molecule has 1 unspecified atom stereocenters. The van der Waals surface area contributed by atoms with E-state index in [2.05, 4.69) is 0 Å². The minimum Gasteiger partial charge on any atom is -0.491 e. The van der Waals surface area contributed by atoms with Crippen LogP contribution in [-0.4, -0.2) is 25.3 Å². The van der Waals surface area contributed by atoms with E-state index in [4.69, 9.17) is 4.74 Å². The zero-order valence-corrected chi connectivity index (χ0v) is 13.1. The third-order valence-electron chi connectivity index (χ3n) is 3.25. The standard InChI is InChI=1S/C18H23NO2/c1-13(2)21-17-10-6-8-15(12-17)18(20)14-7-5-9-16(11-14)19(3)4/h5-13,18,20H,1-4H3. The molecule has 3 nitrogen and oxygen atoms in total. The molecule has 0 bridgehead atoms. The van der Waals surface area contributed by atoms with Crippen molar-refractivity contribution in [3.8, 4) is 5.75 Å². The first-order valence-electron chi connectivity index (χ1n) is 7.19. The molecule has 2 aromatic rings. The molecule has 2 rings (SSSR count). The molecule has 0 aliphatic carbocycles. The number of aliphatic hydroxyl groups excluding tert-OH is 1. The molecule has 0 amide bonds. The average molecular weight is 285 g/mol. The predicted octanol–water partition coefficient (Wildman–Crippen LogP) is 3.62. The maximum Gasteiger partial charge on any atom is 0.120 e. The fraction of sp³-hybridized carbons (Fsp3) is 0.333. The number of hydrogen-bond donors (Lipinski definition) is 1. The minimum atomic E-state index is -0.652. The van der Waals surface area contributed by atoms with Gasteiger partial charge in [-0.05, 0) is 49.2 Å². The van der Waals surface area contributed by atoms with Crippen molar-refractivity contribution >= 4 is 5.69 Å². The van der Waals surface area contributed by atoms with Crippen LogP contribution in [0, 0.1) is 0 Å². The van der Waals surface area contributed by atoms with Gasteiger partial charge >= 0.3 is 0 Å². The molecule has 0 aliphatic rings. The third kappa shape index (κ3) is 3.99. The first kappa shape index (κ1) is 15.4. The van der Waals surface area contributed by atoms with E-state index < -0.39 is 6.10 Å². The molecule has 0 fully saturated rings. The van der Waals surface area contributed by atoms with Crippen LogP contribution in [0.4, 0.5) is 5.69 Å². The van der Waals surface area contributed by atoms with Crippen LogP contribution in [0.25, 0.3) is 0 Å². The second-order valence-electron chi connectivity index (χ2n) is 5.63. The molecule has 0 saturated heterocycles. The fourth-order valence-electron chi connectivity index (χ4n) is 2.20. The smallest absolute Gasteiger partial charge is 0.120 e. The van der Waals surface area contributed by atoms with Crippen molar-refractivity contribution in [2.75, 3.05) is 19.0 Å². The van der Waals surface area contributed by atoms with Gasteiger partial charge in [0.25, 0.3) is 0 Å². The van der Waals surface area contributed by atoms with Crippen molar-refractivity contribution in [1.82, 2.24) is 0 Å². The molecule has 0 radical (unpaired) electrons. The Morgan fingerprint density at radius 3 is 2.19 bits per heavy atom. The van der Waals surface area contributed by atoms with Gasteiger partial charge in [0, 0.05) is 19.8 Å². The van der Waals surface area contributed by atoms with E-state index in [1.54, 1.807) is 0 Å². The van der Waals surface area contributed by atoms with Crippen LogP contribution < -0.4 is 9.64 Å². The van der Waals surface area contributed by atoms with Gasteiger partial charge < -0.3 is 14.7 Å². The number of aliphatic hydroxyl groups is 1.